The van der Waals surface area contributed by atoms with Gasteiger partial charge in [0.1, 0.15) is 0 Å². The Morgan fingerprint density at radius 1 is 1.10 bits per heavy atom. The molecule has 5 nitrogen and oxygen atoms in total. The van der Waals surface area contributed by atoms with E-state index in [0.29, 0.717) is 12.0 Å². The van der Waals surface area contributed by atoms with Gasteiger partial charge in [-0.15, -0.1) is 0 Å². The van der Waals surface area contributed by atoms with Gasteiger partial charge in [0.15, 0.2) is 6.10 Å². The zero-order valence-corrected chi connectivity index (χ0v) is 12.3. The average Bonchev–Trinajstić information content (AvgIpc) is 2.35. The van der Waals surface area contributed by atoms with Gasteiger partial charge in [-0.3, -0.25) is 4.79 Å². The van der Waals surface area contributed by atoms with Crippen molar-refractivity contribution in [2.75, 3.05) is 6.61 Å². The van der Waals surface area contributed by atoms with Crippen LogP contribution >= 0.6 is 0 Å². The third-order valence-electron chi connectivity index (χ3n) is 5.68. The summed E-state index contributed by atoms with van der Waals surface area (Å²) >= 11 is 0. The minimum atomic E-state index is -1.54. The summed E-state index contributed by atoms with van der Waals surface area (Å²) in [5, 5.41) is 17.9. The van der Waals surface area contributed by atoms with E-state index < -0.39 is 24.5 Å². The molecule has 0 heterocycles. The van der Waals surface area contributed by atoms with Gasteiger partial charge in [-0.05, 0) is 68.1 Å². The summed E-state index contributed by atoms with van der Waals surface area (Å²) in [6.45, 7) is 0.307. The lowest BCUT2D eigenvalue weighted by molar-refractivity contribution is -0.160. The van der Waals surface area contributed by atoms with E-state index in [1.54, 1.807) is 0 Å². The van der Waals surface area contributed by atoms with E-state index in [0.717, 1.165) is 24.2 Å². The molecule has 4 saturated carbocycles. The Bertz CT molecular complexity index is 395. The number of aliphatic carboxylic acids is 1. The highest BCUT2D eigenvalue weighted by molar-refractivity contribution is 5.80. The molecule has 21 heavy (non-hydrogen) atoms. The van der Waals surface area contributed by atoms with Crippen molar-refractivity contribution < 1.29 is 24.5 Å². The molecule has 5 heteroatoms. The first-order valence-electron chi connectivity index (χ1n) is 8.02. The van der Waals surface area contributed by atoms with E-state index in [1.807, 2.05) is 0 Å². The summed E-state index contributed by atoms with van der Waals surface area (Å²) in [6.07, 6.45) is 6.66. The second-order valence-electron chi connectivity index (χ2n) is 7.45. The molecular weight excluding hydrogens is 272 g/mol. The number of ether oxygens (including phenoxy) is 1. The molecule has 1 unspecified atom stereocenters. The maximum absolute atomic E-state index is 11.5. The first kappa shape index (κ1) is 14.8. The number of carbonyl (C=O) groups excluding carboxylic acids is 1. The van der Waals surface area contributed by atoms with Gasteiger partial charge in [-0.1, -0.05) is 0 Å². The van der Waals surface area contributed by atoms with E-state index in [9.17, 15) is 14.7 Å². The van der Waals surface area contributed by atoms with Gasteiger partial charge in [0.2, 0.25) is 0 Å². The lowest BCUT2D eigenvalue weighted by Crippen LogP contribution is -2.46. The molecule has 0 aromatic carbocycles. The van der Waals surface area contributed by atoms with Crippen LogP contribution in [0.4, 0.5) is 0 Å². The maximum atomic E-state index is 11.5. The average molecular weight is 296 g/mol. The number of hydrogen-bond acceptors (Lipinski definition) is 4. The number of aliphatic hydroxyl groups is 1. The summed E-state index contributed by atoms with van der Waals surface area (Å²) in [5.74, 6) is 0.598. The summed E-state index contributed by atoms with van der Waals surface area (Å²) in [5.41, 5.74) is 0.340. The molecule has 118 valence electrons. The van der Waals surface area contributed by atoms with Crippen LogP contribution in [0.25, 0.3) is 0 Å². The zero-order valence-electron chi connectivity index (χ0n) is 12.3. The quantitative estimate of drug-likeness (QED) is 0.732. The smallest absolute Gasteiger partial charge is 0.335 e. The van der Waals surface area contributed by atoms with Crippen molar-refractivity contribution in [2.24, 2.45) is 23.2 Å². The monoisotopic (exact) mass is 296 g/mol. The molecule has 0 aliphatic heterocycles. The molecule has 4 rings (SSSR count). The van der Waals surface area contributed by atoms with Crippen molar-refractivity contribution in [3.63, 3.8) is 0 Å². The SMILES string of the molecule is O=C(O)CC(O)C(=O)OCCC12CC3CC(CC(C3)C1)C2. The van der Waals surface area contributed by atoms with E-state index in [-0.39, 0.29) is 0 Å². The van der Waals surface area contributed by atoms with Gasteiger partial charge < -0.3 is 14.9 Å². The Balaban J connectivity index is 1.47. The number of aliphatic hydroxyl groups excluding tert-OH is 1. The summed E-state index contributed by atoms with van der Waals surface area (Å²) in [6, 6.07) is 0. The molecule has 0 aromatic heterocycles. The molecule has 0 saturated heterocycles. The van der Waals surface area contributed by atoms with Crippen LogP contribution < -0.4 is 0 Å². The lowest BCUT2D eigenvalue weighted by Gasteiger charge is -2.57. The van der Waals surface area contributed by atoms with Gasteiger partial charge in [0.25, 0.3) is 0 Å². The van der Waals surface area contributed by atoms with E-state index >= 15 is 0 Å². The van der Waals surface area contributed by atoms with Crippen LogP contribution in [0.2, 0.25) is 0 Å². The number of esters is 1. The lowest BCUT2D eigenvalue weighted by atomic mass is 9.49. The van der Waals surface area contributed by atoms with Crippen molar-refractivity contribution in [3.05, 3.63) is 0 Å². The molecule has 0 spiro atoms. The number of rotatable bonds is 6. The molecular formula is C16H24O5. The highest BCUT2D eigenvalue weighted by Gasteiger charge is 2.50. The zero-order chi connectivity index (χ0) is 15.0. The van der Waals surface area contributed by atoms with Crippen molar-refractivity contribution in [3.8, 4) is 0 Å². The van der Waals surface area contributed by atoms with Gasteiger partial charge in [-0.2, -0.15) is 0 Å². The second kappa shape index (κ2) is 5.59. The molecule has 4 bridgehead atoms. The highest BCUT2D eigenvalue weighted by Crippen LogP contribution is 2.61. The number of carbonyl (C=O) groups is 2. The van der Waals surface area contributed by atoms with Gasteiger partial charge in [0.05, 0.1) is 13.0 Å². The van der Waals surface area contributed by atoms with Gasteiger partial charge in [0, 0.05) is 0 Å². The van der Waals surface area contributed by atoms with Gasteiger partial charge in [-0.25, -0.2) is 4.79 Å². The minimum Gasteiger partial charge on any atom is -0.481 e. The van der Waals surface area contributed by atoms with Crippen molar-refractivity contribution in [1.82, 2.24) is 0 Å². The van der Waals surface area contributed by atoms with Gasteiger partial charge >= 0.3 is 11.9 Å². The Labute approximate surface area is 124 Å². The Morgan fingerprint density at radius 2 is 1.62 bits per heavy atom. The number of carboxylic acids is 1. The summed E-state index contributed by atoms with van der Waals surface area (Å²) in [4.78, 5) is 22.0. The standard InChI is InChI=1S/C16H24O5/c17-13(6-14(18)19)15(20)21-2-1-16-7-10-3-11(8-16)5-12(4-10)9-16/h10-13,17H,1-9H2,(H,18,19). The Morgan fingerprint density at radius 3 is 2.10 bits per heavy atom. The largest absolute Gasteiger partial charge is 0.481 e. The topological polar surface area (TPSA) is 83.8 Å². The molecule has 4 aliphatic carbocycles. The fourth-order valence-electron chi connectivity index (χ4n) is 5.31. The van der Waals surface area contributed by atoms with Crippen molar-refractivity contribution in [1.29, 1.82) is 0 Å². The Kier molecular flexibility index (Phi) is 3.95. The maximum Gasteiger partial charge on any atom is 0.335 e. The second-order valence-corrected chi connectivity index (χ2v) is 7.45. The third-order valence-corrected chi connectivity index (χ3v) is 5.68. The normalized spacial score (nSPS) is 38.2. The third kappa shape index (κ3) is 3.23. The summed E-state index contributed by atoms with van der Waals surface area (Å²) in [7, 11) is 0. The van der Waals surface area contributed by atoms with E-state index in [2.05, 4.69) is 0 Å². The highest BCUT2D eigenvalue weighted by atomic mass is 16.5. The molecule has 0 amide bonds. The fourth-order valence-corrected chi connectivity index (χ4v) is 5.31. The molecule has 0 radical (unpaired) electrons. The van der Waals surface area contributed by atoms with Crippen LogP contribution in [-0.4, -0.2) is 34.9 Å². The van der Waals surface area contributed by atoms with Crippen LogP contribution in [0.15, 0.2) is 0 Å². The molecule has 4 aliphatic rings. The van der Waals surface area contributed by atoms with Crippen LogP contribution in [0.3, 0.4) is 0 Å². The predicted molar refractivity (Wildman–Crippen MR) is 74.4 cm³/mol. The summed E-state index contributed by atoms with van der Waals surface area (Å²) < 4.78 is 5.09. The van der Waals surface area contributed by atoms with Crippen molar-refractivity contribution in [2.45, 2.75) is 57.5 Å². The predicted octanol–water partition coefficient (Wildman–Crippen LogP) is 1.97. The van der Waals surface area contributed by atoms with Crippen LogP contribution in [-0.2, 0) is 14.3 Å². The number of hydrogen-bond donors (Lipinski definition) is 2. The first-order valence-corrected chi connectivity index (χ1v) is 8.02. The van der Waals surface area contributed by atoms with Crippen molar-refractivity contribution >= 4 is 11.9 Å². The molecule has 0 aromatic rings. The first-order chi connectivity index (χ1) is 9.96. The van der Waals surface area contributed by atoms with Crippen LogP contribution in [0.5, 0.6) is 0 Å². The minimum absolute atomic E-state index is 0.307. The van der Waals surface area contributed by atoms with Crippen LogP contribution in [0.1, 0.15) is 51.4 Å². The molecule has 1 atom stereocenters. The molecule has 2 N–H and O–H groups in total. The van der Waals surface area contributed by atoms with Crippen LogP contribution in [0, 0.1) is 23.2 Å². The Hall–Kier alpha value is -1.10. The fraction of sp³-hybridized carbons (Fsp3) is 0.875. The number of carboxylic acid groups (broad SMARTS) is 1. The van der Waals surface area contributed by atoms with E-state index in [4.69, 9.17) is 9.84 Å². The van der Waals surface area contributed by atoms with E-state index in [1.165, 1.54) is 38.5 Å². The molecule has 4 fully saturated rings.